The lowest BCUT2D eigenvalue weighted by molar-refractivity contribution is 0.0518. The Balaban J connectivity index is 1.83. The van der Waals surface area contributed by atoms with Gasteiger partial charge in [0.2, 0.25) is 11.2 Å². The van der Waals surface area contributed by atoms with Gasteiger partial charge in [-0.1, -0.05) is 36.4 Å². The summed E-state index contributed by atoms with van der Waals surface area (Å²) in [6.07, 6.45) is 4.63. The number of hydrogen-bond acceptors (Lipinski definition) is 6. The van der Waals surface area contributed by atoms with Crippen molar-refractivity contribution in [1.82, 2.24) is 9.58 Å². The average Bonchev–Trinajstić information content (AvgIpc) is 2.90. The van der Waals surface area contributed by atoms with Gasteiger partial charge in [0.15, 0.2) is 23.0 Å². The fraction of sp³-hybridized carbons (Fsp3) is 0.231. The summed E-state index contributed by atoms with van der Waals surface area (Å²) in [4.78, 5) is 27.3. The number of aromatic hydroxyl groups is 1. The standard InChI is InChI=1S/C26H23F2N3O5/c1-35-14-17-8-5-13-36-25-18(9-10-19(27)21(25)28)22(16-6-3-2-4-7-16)31-15-29(17)26(34)23-24(33)20(32)11-12-30(23)31/h2-12,17,22,33H,13-15H2,1H3/b8-5-/t17-,22-/m1/s1. The first kappa shape index (κ1) is 23.6. The van der Waals surface area contributed by atoms with Crippen molar-refractivity contribution in [2.75, 3.05) is 32.0 Å². The van der Waals surface area contributed by atoms with Gasteiger partial charge in [-0.2, -0.15) is 4.39 Å². The molecular formula is C26H23F2N3O5. The number of ether oxygens (including phenoxy) is 2. The largest absolute Gasteiger partial charge is 0.502 e. The monoisotopic (exact) mass is 495 g/mol. The van der Waals surface area contributed by atoms with Crippen LogP contribution in [0.15, 0.2) is 71.7 Å². The van der Waals surface area contributed by atoms with Crippen LogP contribution < -0.4 is 15.2 Å². The highest BCUT2D eigenvalue weighted by Crippen LogP contribution is 2.39. The Morgan fingerprint density at radius 1 is 1.11 bits per heavy atom. The Hall–Kier alpha value is -4.18. The number of pyridine rings is 1. The fourth-order valence-corrected chi connectivity index (χ4v) is 4.64. The van der Waals surface area contributed by atoms with Gasteiger partial charge in [-0.05, 0) is 23.8 Å². The molecule has 1 amide bonds. The topological polar surface area (TPSA) is 84.2 Å². The first-order chi connectivity index (χ1) is 17.4. The molecule has 0 saturated heterocycles. The molecule has 1 N–H and O–H groups in total. The number of nitrogens with zero attached hydrogens (tertiary/aromatic N) is 3. The second kappa shape index (κ2) is 9.46. The highest BCUT2D eigenvalue weighted by molar-refractivity contribution is 5.96. The minimum atomic E-state index is -1.14. The number of carbonyl (C=O) groups is 1. The van der Waals surface area contributed by atoms with Crippen LogP contribution in [0.3, 0.4) is 0 Å². The zero-order valence-electron chi connectivity index (χ0n) is 19.3. The normalized spacial score (nSPS) is 20.1. The molecule has 0 spiro atoms. The smallest absolute Gasteiger partial charge is 0.278 e. The van der Waals surface area contributed by atoms with E-state index >= 15 is 4.39 Å². The average molecular weight is 495 g/mol. The summed E-state index contributed by atoms with van der Waals surface area (Å²) in [5.41, 5.74) is 0.0283. The van der Waals surface area contributed by atoms with E-state index in [9.17, 15) is 19.1 Å². The van der Waals surface area contributed by atoms with Gasteiger partial charge < -0.3 is 19.5 Å². The first-order valence-corrected chi connectivity index (χ1v) is 11.3. The third-order valence-electron chi connectivity index (χ3n) is 6.30. The van der Waals surface area contributed by atoms with E-state index in [0.717, 1.165) is 12.1 Å². The van der Waals surface area contributed by atoms with Crippen molar-refractivity contribution in [3.05, 3.63) is 106 Å². The molecule has 10 heteroatoms. The molecule has 2 aliphatic heterocycles. The number of amides is 1. The molecule has 1 aromatic heterocycles. The van der Waals surface area contributed by atoms with Gasteiger partial charge in [0, 0.05) is 24.9 Å². The van der Waals surface area contributed by atoms with Gasteiger partial charge in [0.1, 0.15) is 19.3 Å². The summed E-state index contributed by atoms with van der Waals surface area (Å²) in [7, 11) is 1.48. The van der Waals surface area contributed by atoms with Crippen molar-refractivity contribution in [2.24, 2.45) is 0 Å². The quantitative estimate of drug-likeness (QED) is 0.563. The van der Waals surface area contributed by atoms with Gasteiger partial charge >= 0.3 is 0 Å². The highest BCUT2D eigenvalue weighted by Gasteiger charge is 2.40. The minimum absolute atomic E-state index is 0.0233. The van der Waals surface area contributed by atoms with Gasteiger partial charge in [0.05, 0.1) is 12.6 Å². The lowest BCUT2D eigenvalue weighted by Crippen LogP contribution is -2.58. The van der Waals surface area contributed by atoms with E-state index < -0.39 is 40.8 Å². The van der Waals surface area contributed by atoms with Crippen LogP contribution in [0.25, 0.3) is 0 Å². The molecule has 8 nitrogen and oxygen atoms in total. The molecule has 0 radical (unpaired) electrons. The molecule has 36 heavy (non-hydrogen) atoms. The zero-order valence-corrected chi connectivity index (χ0v) is 19.3. The molecule has 0 unspecified atom stereocenters. The Labute approximate surface area is 205 Å². The Bertz CT molecular complexity index is 1390. The zero-order chi connectivity index (χ0) is 25.4. The molecule has 2 aromatic carbocycles. The van der Waals surface area contributed by atoms with Gasteiger partial charge in [-0.3, -0.25) is 19.3 Å². The number of methoxy groups -OCH3 is 1. The molecule has 2 aliphatic rings. The maximum atomic E-state index is 15.1. The summed E-state index contributed by atoms with van der Waals surface area (Å²) < 4.78 is 41.8. The number of hydrogen-bond donors (Lipinski definition) is 1. The van der Waals surface area contributed by atoms with Crippen molar-refractivity contribution >= 4 is 5.91 Å². The van der Waals surface area contributed by atoms with Crippen LogP contribution in [-0.2, 0) is 4.74 Å². The van der Waals surface area contributed by atoms with E-state index in [-0.39, 0.29) is 31.3 Å². The summed E-state index contributed by atoms with van der Waals surface area (Å²) in [6, 6.07) is 11.2. The van der Waals surface area contributed by atoms with E-state index in [4.69, 9.17) is 9.47 Å². The second-order valence-electron chi connectivity index (χ2n) is 8.43. The van der Waals surface area contributed by atoms with E-state index in [1.807, 2.05) is 18.2 Å². The summed E-state index contributed by atoms with van der Waals surface area (Å²) >= 11 is 0. The van der Waals surface area contributed by atoms with E-state index in [1.54, 1.807) is 29.3 Å². The second-order valence-corrected chi connectivity index (χ2v) is 8.43. The number of rotatable bonds is 3. The van der Waals surface area contributed by atoms with Crippen molar-refractivity contribution in [2.45, 2.75) is 12.1 Å². The number of halogens is 2. The molecular weight excluding hydrogens is 472 g/mol. The molecule has 0 saturated carbocycles. The molecule has 0 aliphatic carbocycles. The third-order valence-corrected chi connectivity index (χ3v) is 6.30. The van der Waals surface area contributed by atoms with Crippen LogP contribution in [0.1, 0.15) is 27.7 Å². The van der Waals surface area contributed by atoms with Gasteiger partial charge in [-0.15, -0.1) is 0 Å². The number of fused-ring (bicyclic) bond motifs is 5. The van der Waals surface area contributed by atoms with Gasteiger partial charge in [0.25, 0.3) is 5.91 Å². The van der Waals surface area contributed by atoms with Gasteiger partial charge in [-0.25, -0.2) is 4.39 Å². The van der Waals surface area contributed by atoms with Crippen molar-refractivity contribution in [1.29, 1.82) is 0 Å². The van der Waals surface area contributed by atoms with Crippen LogP contribution >= 0.6 is 0 Å². The number of carbonyl (C=O) groups excluding carboxylic acids is 1. The first-order valence-electron chi connectivity index (χ1n) is 11.3. The summed E-state index contributed by atoms with van der Waals surface area (Å²) in [5, 5.41) is 12.4. The maximum Gasteiger partial charge on any atom is 0.278 e. The Kier molecular flexibility index (Phi) is 6.19. The predicted octanol–water partition coefficient (Wildman–Crippen LogP) is 2.94. The SMILES string of the molecule is COC[C@H]1/C=C\COc2c(ccc(F)c2F)[C@@H](c2ccccc2)N2CN1C(=O)c1c(O)c(=O)ccn12. The van der Waals surface area contributed by atoms with Crippen LogP contribution in [0.4, 0.5) is 8.78 Å². The molecule has 5 rings (SSSR count). The highest BCUT2D eigenvalue weighted by atomic mass is 19.2. The van der Waals surface area contributed by atoms with Crippen LogP contribution in [0.5, 0.6) is 11.5 Å². The molecule has 3 aromatic rings. The van der Waals surface area contributed by atoms with Crippen LogP contribution in [0.2, 0.25) is 0 Å². The lowest BCUT2D eigenvalue weighted by atomic mass is 9.96. The van der Waals surface area contributed by atoms with E-state index in [0.29, 0.717) is 11.1 Å². The molecule has 186 valence electrons. The van der Waals surface area contributed by atoms with Crippen molar-refractivity contribution < 1.29 is 28.2 Å². The van der Waals surface area contributed by atoms with E-state index in [1.165, 1.54) is 28.9 Å². The number of aromatic nitrogens is 1. The fourth-order valence-electron chi connectivity index (χ4n) is 4.64. The lowest BCUT2D eigenvalue weighted by Gasteiger charge is -2.45. The molecule has 2 bridgehead atoms. The minimum Gasteiger partial charge on any atom is -0.502 e. The maximum absolute atomic E-state index is 15.1. The predicted molar refractivity (Wildman–Crippen MR) is 127 cm³/mol. The third kappa shape index (κ3) is 3.89. The number of benzene rings is 2. The summed E-state index contributed by atoms with van der Waals surface area (Å²) in [6.45, 7) is -0.00245. The molecule has 2 atom stereocenters. The van der Waals surface area contributed by atoms with Crippen LogP contribution in [0, 0.1) is 11.6 Å². The van der Waals surface area contributed by atoms with Crippen molar-refractivity contribution in [3.63, 3.8) is 0 Å². The molecule has 0 fully saturated rings. The molecule has 3 heterocycles. The Morgan fingerprint density at radius 2 is 1.89 bits per heavy atom. The van der Waals surface area contributed by atoms with Crippen LogP contribution in [-0.4, -0.2) is 53.6 Å². The van der Waals surface area contributed by atoms with E-state index in [2.05, 4.69) is 0 Å². The Morgan fingerprint density at radius 3 is 2.64 bits per heavy atom. The van der Waals surface area contributed by atoms with Crippen molar-refractivity contribution in [3.8, 4) is 11.5 Å². The summed E-state index contributed by atoms with van der Waals surface area (Å²) in [5.74, 6) is -3.75.